The molecule has 0 aliphatic carbocycles. The van der Waals surface area contributed by atoms with Crippen LogP contribution >= 0.6 is 23.2 Å². The van der Waals surface area contributed by atoms with Gasteiger partial charge in [0, 0.05) is 12.6 Å². The summed E-state index contributed by atoms with van der Waals surface area (Å²) in [6, 6.07) is 11.2. The summed E-state index contributed by atoms with van der Waals surface area (Å²) >= 11 is 12.6. The van der Waals surface area contributed by atoms with Crippen LogP contribution in [0.15, 0.2) is 69.2 Å². The van der Waals surface area contributed by atoms with E-state index in [4.69, 9.17) is 37.4 Å². The lowest BCUT2D eigenvalue weighted by atomic mass is 10.2. The first-order valence-corrected chi connectivity index (χ1v) is 12.9. The minimum atomic E-state index is -4.18. The zero-order valence-electron chi connectivity index (χ0n) is 19.0. The molecule has 12 nitrogen and oxygen atoms in total. The number of phenols is 1. The predicted octanol–water partition coefficient (Wildman–Crippen LogP) is 2.93. The van der Waals surface area contributed by atoms with Crippen LogP contribution in [0.2, 0.25) is 10.0 Å². The number of sulfonamides is 1. The van der Waals surface area contributed by atoms with Gasteiger partial charge in [0.05, 0.1) is 15.7 Å². The normalized spacial score (nSPS) is 12.5. The molecule has 0 amide bonds. The first-order chi connectivity index (χ1) is 18.1. The molecule has 3 N–H and O–H groups in total. The highest BCUT2D eigenvalue weighted by Crippen LogP contribution is 2.39. The van der Waals surface area contributed by atoms with Gasteiger partial charge in [0.25, 0.3) is 5.56 Å². The van der Waals surface area contributed by atoms with E-state index in [1.54, 1.807) is 18.2 Å². The quantitative estimate of drug-likeness (QED) is 0.299. The molecule has 0 radical (unpaired) electrons. The number of halogens is 2. The zero-order chi connectivity index (χ0) is 27.0. The van der Waals surface area contributed by atoms with Crippen LogP contribution in [-0.2, 0) is 16.6 Å². The maximum atomic E-state index is 13.0. The molecule has 15 heteroatoms. The number of hydrogen-bond acceptors (Lipinski definition) is 9. The molecule has 0 saturated carbocycles. The summed E-state index contributed by atoms with van der Waals surface area (Å²) in [4.78, 5) is 24.9. The minimum Gasteiger partial charge on any atom is -0.507 e. The van der Waals surface area contributed by atoms with Crippen molar-refractivity contribution in [2.75, 3.05) is 6.79 Å². The number of hydrogen-bond donors (Lipinski definition) is 3. The van der Waals surface area contributed by atoms with Crippen molar-refractivity contribution in [3.05, 3.63) is 91.2 Å². The highest BCUT2D eigenvalue weighted by molar-refractivity contribution is 7.89. The number of fused-ring (bicyclic) bond motifs is 1. The Bertz CT molecular complexity index is 1770. The largest absolute Gasteiger partial charge is 0.507 e. The molecule has 0 spiro atoms. The molecule has 2 heterocycles. The summed E-state index contributed by atoms with van der Waals surface area (Å²) in [6.45, 7) is 0.00520. The Labute approximate surface area is 224 Å². The summed E-state index contributed by atoms with van der Waals surface area (Å²) in [7, 11) is -4.18. The van der Waals surface area contributed by atoms with E-state index in [-0.39, 0.29) is 40.6 Å². The fraction of sp³-hybridized carbons (Fsp3) is 0.0870. The number of aromatic nitrogens is 3. The Morgan fingerprint density at radius 2 is 1.79 bits per heavy atom. The van der Waals surface area contributed by atoms with Gasteiger partial charge < -0.3 is 19.3 Å². The second kappa shape index (κ2) is 10.0. The molecule has 4 aromatic rings. The van der Waals surface area contributed by atoms with Crippen molar-refractivity contribution in [1.82, 2.24) is 19.5 Å². The average Bonchev–Trinajstić information content (AvgIpc) is 3.34. The van der Waals surface area contributed by atoms with E-state index in [1.165, 1.54) is 18.2 Å². The summed E-state index contributed by atoms with van der Waals surface area (Å²) in [6.07, 6.45) is 0.909. The van der Waals surface area contributed by atoms with Gasteiger partial charge in [-0.25, -0.2) is 17.9 Å². The molecular formula is C23H16Cl2N4O8S. The predicted molar refractivity (Wildman–Crippen MR) is 135 cm³/mol. The van der Waals surface area contributed by atoms with Gasteiger partial charge in [0.15, 0.2) is 17.2 Å². The van der Waals surface area contributed by atoms with Gasteiger partial charge in [0.2, 0.25) is 16.8 Å². The second-order valence-corrected chi connectivity index (χ2v) is 10.4. The van der Waals surface area contributed by atoms with Crippen LogP contribution in [0.5, 0.6) is 28.7 Å². The molecule has 1 aromatic heterocycles. The summed E-state index contributed by atoms with van der Waals surface area (Å²) in [5.41, 5.74) is -0.721. The molecular weight excluding hydrogens is 563 g/mol. The first-order valence-electron chi connectivity index (χ1n) is 10.7. The second-order valence-electron chi connectivity index (χ2n) is 7.83. The van der Waals surface area contributed by atoms with Crippen LogP contribution in [0.4, 0.5) is 0 Å². The number of phenolic OH excluding ortho intramolecular Hbond substituents is 1. The number of H-pyrrole nitrogens is 1. The number of rotatable bonds is 7. The van der Waals surface area contributed by atoms with Crippen molar-refractivity contribution in [3.8, 4) is 34.4 Å². The molecule has 0 unspecified atom stereocenters. The third-order valence-corrected chi connectivity index (χ3v) is 7.28. The smallest absolute Gasteiger partial charge is 0.349 e. The van der Waals surface area contributed by atoms with Gasteiger partial charge in [-0.05, 0) is 42.0 Å². The molecule has 5 rings (SSSR count). The molecule has 196 valence electrons. The number of nitrogens with zero attached hydrogens (tertiary/aromatic N) is 2. The molecule has 0 bridgehead atoms. The molecule has 0 fully saturated rings. The van der Waals surface area contributed by atoms with Crippen molar-refractivity contribution in [1.29, 1.82) is 0 Å². The number of aromatic hydroxyl groups is 1. The third-order valence-electron chi connectivity index (χ3n) is 5.28. The topological polar surface area (TPSA) is 162 Å². The van der Waals surface area contributed by atoms with Gasteiger partial charge in [-0.15, -0.1) is 0 Å². The van der Waals surface area contributed by atoms with Crippen LogP contribution in [0.1, 0.15) is 5.56 Å². The lowest BCUT2D eigenvalue weighted by Gasteiger charge is -2.14. The Kier molecular flexibility index (Phi) is 6.75. The lowest BCUT2D eigenvalue weighted by Crippen LogP contribution is -2.30. The molecule has 3 aromatic carbocycles. The van der Waals surface area contributed by atoms with Crippen molar-refractivity contribution in [2.45, 2.75) is 11.4 Å². The third kappa shape index (κ3) is 5.17. The van der Waals surface area contributed by atoms with Crippen LogP contribution in [0.3, 0.4) is 0 Å². The number of nitrogens with one attached hydrogen (secondary N) is 2. The van der Waals surface area contributed by atoms with E-state index >= 15 is 0 Å². The van der Waals surface area contributed by atoms with E-state index in [9.17, 15) is 23.1 Å². The van der Waals surface area contributed by atoms with E-state index in [1.807, 2.05) is 0 Å². The van der Waals surface area contributed by atoms with Crippen molar-refractivity contribution in [2.24, 2.45) is 0 Å². The maximum absolute atomic E-state index is 13.0. The molecule has 0 atom stereocenters. The van der Waals surface area contributed by atoms with Crippen molar-refractivity contribution >= 4 is 33.2 Å². The summed E-state index contributed by atoms with van der Waals surface area (Å²) in [5, 5.41) is 13.9. The standard InChI is InChI=1S/C23H16Cl2N4O8S/c24-15-6-13(29-23(32)28-21(31)10-26-29)7-16(25)22(15)37-14-2-3-17(30)20(8-14)38(33,34)27-9-12-1-4-18-19(5-12)36-11-35-18/h1-8,10,27,30H,9,11H2,(H,28,31,32). The van der Waals surface area contributed by atoms with E-state index < -0.39 is 31.9 Å². The lowest BCUT2D eigenvalue weighted by molar-refractivity contribution is 0.174. The Morgan fingerprint density at radius 3 is 2.53 bits per heavy atom. The van der Waals surface area contributed by atoms with Gasteiger partial charge >= 0.3 is 5.69 Å². The van der Waals surface area contributed by atoms with Crippen LogP contribution in [0, 0.1) is 0 Å². The van der Waals surface area contributed by atoms with Gasteiger partial charge in [-0.2, -0.15) is 9.78 Å². The van der Waals surface area contributed by atoms with Crippen LogP contribution < -0.4 is 30.2 Å². The van der Waals surface area contributed by atoms with Gasteiger partial charge in [-0.3, -0.25) is 9.78 Å². The zero-order valence-corrected chi connectivity index (χ0v) is 21.3. The van der Waals surface area contributed by atoms with E-state index in [0.717, 1.165) is 23.0 Å². The van der Waals surface area contributed by atoms with Crippen molar-refractivity contribution in [3.63, 3.8) is 0 Å². The monoisotopic (exact) mass is 578 g/mol. The highest BCUT2D eigenvalue weighted by atomic mass is 35.5. The highest BCUT2D eigenvalue weighted by Gasteiger charge is 2.22. The maximum Gasteiger partial charge on any atom is 0.349 e. The Hall–Kier alpha value is -4.04. The van der Waals surface area contributed by atoms with Crippen molar-refractivity contribution < 1.29 is 27.7 Å². The SMILES string of the molecule is O=c1cnn(-c2cc(Cl)c(Oc3ccc(O)c(S(=O)(=O)NCc4ccc5c(c4)OCO5)c3)c(Cl)c2)c(=O)[nH]1. The molecule has 1 aliphatic heterocycles. The van der Waals surface area contributed by atoms with Crippen LogP contribution in [-0.4, -0.2) is 35.1 Å². The van der Waals surface area contributed by atoms with Gasteiger partial charge in [-0.1, -0.05) is 29.3 Å². The van der Waals surface area contributed by atoms with E-state index in [2.05, 4.69) is 14.8 Å². The number of benzene rings is 3. The average molecular weight is 579 g/mol. The minimum absolute atomic E-state index is 0.00198. The van der Waals surface area contributed by atoms with Crippen LogP contribution in [0.25, 0.3) is 5.69 Å². The van der Waals surface area contributed by atoms with E-state index in [0.29, 0.717) is 17.1 Å². The molecule has 0 saturated heterocycles. The number of ether oxygens (including phenoxy) is 3. The Balaban J connectivity index is 1.38. The Morgan fingerprint density at radius 1 is 1.05 bits per heavy atom. The summed E-state index contributed by atoms with van der Waals surface area (Å²) < 4.78 is 45.5. The fourth-order valence-electron chi connectivity index (χ4n) is 3.50. The molecule has 1 aliphatic rings. The number of aromatic amines is 1. The van der Waals surface area contributed by atoms with Gasteiger partial charge in [0.1, 0.15) is 22.6 Å². The summed E-state index contributed by atoms with van der Waals surface area (Å²) in [5.74, 6) is 0.512. The molecule has 38 heavy (non-hydrogen) atoms. The first kappa shape index (κ1) is 25.6. The fourth-order valence-corrected chi connectivity index (χ4v) is 5.18.